The summed E-state index contributed by atoms with van der Waals surface area (Å²) in [6, 6.07) is 10.4. The number of aliphatic hydroxyl groups excluding tert-OH is 1. The van der Waals surface area contributed by atoms with Crippen molar-refractivity contribution in [1.29, 1.82) is 0 Å². The molecule has 1 saturated carbocycles. The summed E-state index contributed by atoms with van der Waals surface area (Å²) >= 11 is 0. The fraction of sp³-hybridized carbons (Fsp3) is 0.647. The summed E-state index contributed by atoms with van der Waals surface area (Å²) in [5, 5.41) is 13.4. The van der Waals surface area contributed by atoms with Crippen LogP contribution in [0, 0.1) is 0 Å². The number of ether oxygens (including phenoxy) is 1. The molecule has 0 aliphatic heterocycles. The van der Waals surface area contributed by atoms with Gasteiger partial charge < -0.3 is 15.2 Å². The Balaban J connectivity index is 1.53. The van der Waals surface area contributed by atoms with E-state index in [9.17, 15) is 5.11 Å². The predicted octanol–water partition coefficient (Wildman–Crippen LogP) is 2.88. The maximum atomic E-state index is 9.96. The maximum absolute atomic E-state index is 9.96. The van der Waals surface area contributed by atoms with Gasteiger partial charge in [0.1, 0.15) is 0 Å². The minimum atomic E-state index is -0.255. The monoisotopic (exact) mass is 277 g/mol. The minimum absolute atomic E-state index is 0.0617. The highest BCUT2D eigenvalue weighted by Gasteiger charge is 2.21. The van der Waals surface area contributed by atoms with Crippen LogP contribution >= 0.6 is 0 Å². The quantitative estimate of drug-likeness (QED) is 0.595. The summed E-state index contributed by atoms with van der Waals surface area (Å²) in [5.74, 6) is 0. The molecule has 2 atom stereocenters. The second-order valence-corrected chi connectivity index (χ2v) is 5.63. The second kappa shape index (κ2) is 9.11. The van der Waals surface area contributed by atoms with E-state index in [0.717, 1.165) is 45.4 Å². The first-order valence-corrected chi connectivity index (χ1v) is 7.90. The van der Waals surface area contributed by atoms with E-state index in [1.807, 2.05) is 6.07 Å². The number of aliphatic hydroxyl groups is 1. The molecule has 0 aromatic heterocycles. The molecule has 1 aliphatic rings. The Morgan fingerprint density at radius 3 is 2.75 bits per heavy atom. The van der Waals surface area contributed by atoms with Gasteiger partial charge >= 0.3 is 0 Å². The Labute approximate surface area is 122 Å². The third-order valence-corrected chi connectivity index (χ3v) is 3.92. The highest BCUT2D eigenvalue weighted by molar-refractivity contribution is 5.14. The molecule has 3 nitrogen and oxygen atoms in total. The Morgan fingerprint density at radius 2 is 1.90 bits per heavy atom. The summed E-state index contributed by atoms with van der Waals surface area (Å²) in [6.07, 6.45) is 6.27. The lowest BCUT2D eigenvalue weighted by molar-refractivity contribution is -0.0406. The zero-order valence-corrected chi connectivity index (χ0v) is 12.3. The molecular weight excluding hydrogens is 250 g/mol. The molecule has 0 spiro atoms. The van der Waals surface area contributed by atoms with Gasteiger partial charge in [0, 0.05) is 13.2 Å². The number of nitrogens with one attached hydrogen (secondary N) is 1. The Kier molecular flexibility index (Phi) is 7.06. The summed E-state index contributed by atoms with van der Waals surface area (Å²) in [7, 11) is 0. The second-order valence-electron chi connectivity index (χ2n) is 5.63. The van der Waals surface area contributed by atoms with Crippen molar-refractivity contribution in [3.63, 3.8) is 0 Å². The van der Waals surface area contributed by atoms with E-state index < -0.39 is 0 Å². The van der Waals surface area contributed by atoms with Crippen LogP contribution in [0.25, 0.3) is 0 Å². The molecular formula is C17H27NO2. The van der Waals surface area contributed by atoms with Crippen LogP contribution in [0.15, 0.2) is 30.3 Å². The average Bonchev–Trinajstić information content (AvgIpc) is 2.69. The highest BCUT2D eigenvalue weighted by Crippen LogP contribution is 2.20. The molecule has 1 aliphatic carbocycles. The molecule has 1 aromatic rings. The largest absolute Gasteiger partial charge is 0.390 e. The van der Waals surface area contributed by atoms with Crippen LogP contribution in [0.5, 0.6) is 0 Å². The molecule has 0 amide bonds. The lowest BCUT2D eigenvalue weighted by atomic mass is 10.1. The first-order valence-electron chi connectivity index (χ1n) is 7.90. The van der Waals surface area contributed by atoms with Crippen molar-refractivity contribution in [3.05, 3.63) is 35.9 Å². The summed E-state index contributed by atoms with van der Waals surface area (Å²) in [4.78, 5) is 0. The molecule has 2 rings (SSSR count). The lowest BCUT2D eigenvalue weighted by Gasteiger charge is -2.20. The SMILES string of the molecule is OC1CCCCCC1OCCCNCc1ccccc1. The molecule has 2 N–H and O–H groups in total. The van der Waals surface area contributed by atoms with Gasteiger partial charge in [0.05, 0.1) is 12.2 Å². The van der Waals surface area contributed by atoms with Crippen LogP contribution in [-0.2, 0) is 11.3 Å². The van der Waals surface area contributed by atoms with Gasteiger partial charge in [-0.2, -0.15) is 0 Å². The van der Waals surface area contributed by atoms with Crippen LogP contribution in [0.2, 0.25) is 0 Å². The van der Waals surface area contributed by atoms with Crippen molar-refractivity contribution < 1.29 is 9.84 Å². The van der Waals surface area contributed by atoms with E-state index in [-0.39, 0.29) is 12.2 Å². The fourth-order valence-corrected chi connectivity index (χ4v) is 2.71. The Bertz CT molecular complexity index is 355. The smallest absolute Gasteiger partial charge is 0.0833 e. The molecule has 0 heterocycles. The van der Waals surface area contributed by atoms with Crippen molar-refractivity contribution in [1.82, 2.24) is 5.32 Å². The highest BCUT2D eigenvalue weighted by atomic mass is 16.5. The Morgan fingerprint density at radius 1 is 1.10 bits per heavy atom. The molecule has 3 heteroatoms. The zero-order chi connectivity index (χ0) is 14.0. The van der Waals surface area contributed by atoms with Gasteiger partial charge in [0.15, 0.2) is 0 Å². The normalized spacial score (nSPS) is 23.4. The first-order chi connectivity index (χ1) is 9.86. The van der Waals surface area contributed by atoms with Crippen LogP contribution < -0.4 is 5.32 Å². The van der Waals surface area contributed by atoms with Crippen molar-refractivity contribution in [2.24, 2.45) is 0 Å². The molecule has 0 saturated heterocycles. The summed E-state index contributed by atoms with van der Waals surface area (Å²) in [6.45, 7) is 2.61. The van der Waals surface area contributed by atoms with Crippen LogP contribution in [0.4, 0.5) is 0 Å². The van der Waals surface area contributed by atoms with Crippen LogP contribution in [0.1, 0.15) is 44.1 Å². The Hall–Kier alpha value is -0.900. The van der Waals surface area contributed by atoms with E-state index in [2.05, 4.69) is 29.6 Å². The maximum Gasteiger partial charge on any atom is 0.0833 e. The van der Waals surface area contributed by atoms with Gasteiger partial charge in [-0.05, 0) is 31.4 Å². The molecule has 0 radical (unpaired) electrons. The van der Waals surface area contributed by atoms with E-state index in [1.165, 1.54) is 18.4 Å². The number of hydrogen-bond acceptors (Lipinski definition) is 3. The molecule has 1 aromatic carbocycles. The number of rotatable bonds is 7. The molecule has 2 unspecified atom stereocenters. The van der Waals surface area contributed by atoms with Crippen molar-refractivity contribution in [3.8, 4) is 0 Å². The van der Waals surface area contributed by atoms with Gasteiger partial charge in [-0.1, -0.05) is 49.6 Å². The molecule has 20 heavy (non-hydrogen) atoms. The number of hydrogen-bond donors (Lipinski definition) is 2. The third kappa shape index (κ3) is 5.61. The lowest BCUT2D eigenvalue weighted by Crippen LogP contribution is -2.28. The minimum Gasteiger partial charge on any atom is -0.390 e. The van der Waals surface area contributed by atoms with Gasteiger partial charge in [0.2, 0.25) is 0 Å². The van der Waals surface area contributed by atoms with Crippen molar-refractivity contribution in [2.75, 3.05) is 13.2 Å². The van der Waals surface area contributed by atoms with Gasteiger partial charge in [-0.15, -0.1) is 0 Å². The van der Waals surface area contributed by atoms with Crippen molar-refractivity contribution >= 4 is 0 Å². The summed E-state index contributed by atoms with van der Waals surface area (Å²) in [5.41, 5.74) is 1.31. The van der Waals surface area contributed by atoms with E-state index in [4.69, 9.17) is 4.74 Å². The molecule has 112 valence electrons. The first kappa shape index (κ1) is 15.5. The average molecular weight is 277 g/mol. The third-order valence-electron chi connectivity index (χ3n) is 3.92. The van der Waals surface area contributed by atoms with Gasteiger partial charge in [-0.3, -0.25) is 0 Å². The standard InChI is InChI=1S/C17H27NO2/c19-16-10-5-2-6-11-17(16)20-13-7-12-18-14-15-8-3-1-4-9-15/h1,3-4,8-9,16-19H,2,5-7,10-14H2. The fourth-order valence-electron chi connectivity index (χ4n) is 2.71. The van der Waals surface area contributed by atoms with E-state index >= 15 is 0 Å². The van der Waals surface area contributed by atoms with E-state index in [0.29, 0.717) is 0 Å². The van der Waals surface area contributed by atoms with Gasteiger partial charge in [0.25, 0.3) is 0 Å². The van der Waals surface area contributed by atoms with Crippen molar-refractivity contribution in [2.45, 2.75) is 57.3 Å². The summed E-state index contributed by atoms with van der Waals surface area (Å²) < 4.78 is 5.84. The van der Waals surface area contributed by atoms with Gasteiger partial charge in [-0.25, -0.2) is 0 Å². The molecule has 0 bridgehead atoms. The predicted molar refractivity (Wildman–Crippen MR) is 81.6 cm³/mol. The topological polar surface area (TPSA) is 41.5 Å². The van der Waals surface area contributed by atoms with Crippen LogP contribution in [-0.4, -0.2) is 30.5 Å². The van der Waals surface area contributed by atoms with Crippen LogP contribution in [0.3, 0.4) is 0 Å². The van der Waals surface area contributed by atoms with E-state index in [1.54, 1.807) is 0 Å². The number of benzene rings is 1. The molecule has 1 fully saturated rings. The zero-order valence-electron chi connectivity index (χ0n) is 12.3.